The van der Waals surface area contributed by atoms with E-state index in [1.165, 1.54) is 37.7 Å². The molecule has 1 fully saturated rings. The number of halogens is 24. The van der Waals surface area contributed by atoms with E-state index in [-0.39, 0.29) is 0 Å². The van der Waals surface area contributed by atoms with Crippen molar-refractivity contribution in [1.82, 2.24) is 0 Å². The minimum absolute atomic E-state index is 0.691. The van der Waals surface area contributed by atoms with E-state index in [0.717, 1.165) is 12.5 Å². The van der Waals surface area contributed by atoms with Crippen LogP contribution >= 0.6 is 11.3 Å². The fraction of sp³-hybridized carbons (Fsp3) is 0.312. The third kappa shape index (κ3) is 13.6. The monoisotopic (exact) mass is 1120 g/mol. The average molecular weight is 1120 g/mol. The Kier molecular flexibility index (Phi) is 16.0. The van der Waals surface area contributed by atoms with E-state index in [1.54, 1.807) is 5.01 Å². The Labute approximate surface area is 412 Å². The van der Waals surface area contributed by atoms with Gasteiger partial charge in [-0.3, -0.25) is 0 Å². The molecule has 27 heteroatoms. The first-order valence-electron chi connectivity index (χ1n) is 21.6. The van der Waals surface area contributed by atoms with E-state index >= 15 is 0 Å². The van der Waals surface area contributed by atoms with Crippen LogP contribution < -0.4 is 26.4 Å². The van der Waals surface area contributed by atoms with Crippen molar-refractivity contribution in [2.75, 3.05) is 0 Å². The summed E-state index contributed by atoms with van der Waals surface area (Å²) in [5, 5.41) is 3.82. The summed E-state index contributed by atoms with van der Waals surface area (Å²) in [5.41, 5.74) is -28.8. The van der Waals surface area contributed by atoms with Gasteiger partial charge < -0.3 is 0 Å². The number of rotatable bonds is 7. The number of alkyl halides is 24. The Bertz CT molecular complexity index is 2510. The van der Waals surface area contributed by atoms with Crippen LogP contribution in [0.2, 0.25) is 0 Å². The third-order valence-electron chi connectivity index (χ3n) is 12.3. The molecule has 0 saturated heterocycles. The van der Waals surface area contributed by atoms with Crippen molar-refractivity contribution >= 4 is 39.3 Å². The minimum Gasteiger partial charge on any atom is -0.194 e. The van der Waals surface area contributed by atoms with E-state index in [9.17, 15) is 105 Å². The SMILES string of the molecule is FC(F)(F)c1cc([B-](c2cc(C(F)(F)F)cc(C(F)(F)F)c2)(c2cc(C(F)(F)F)cc(C(F)(F)F)c2)c2cc(C(F)(F)F)cc(C(F)(F)F)c2)cc(C(F)(F)F)c1.c1ccc(C[n+]2ccsc2C2CCCCC2)cc1. The molecule has 0 radical (unpaired) electrons. The normalized spacial score (nSPS) is 14.9. The van der Waals surface area contributed by atoms with Crippen LogP contribution in [0.1, 0.15) is 93.1 Å². The summed E-state index contributed by atoms with van der Waals surface area (Å²) in [6.07, 6.45) is -45.5. The first kappa shape index (κ1) is 58.4. The van der Waals surface area contributed by atoms with Gasteiger partial charge in [-0.25, -0.2) is 0 Å². The zero-order valence-electron chi connectivity index (χ0n) is 37.3. The summed E-state index contributed by atoms with van der Waals surface area (Å²) in [6, 6.07) is 1.97. The highest BCUT2D eigenvalue weighted by molar-refractivity contribution is 7.20. The van der Waals surface area contributed by atoms with E-state index in [1.807, 2.05) is 11.3 Å². The van der Waals surface area contributed by atoms with Crippen LogP contribution in [0, 0.1) is 0 Å². The molecule has 406 valence electrons. The number of hydrogen-bond donors (Lipinski definition) is 0. The zero-order chi connectivity index (χ0) is 56.1. The topological polar surface area (TPSA) is 3.88 Å². The quantitative estimate of drug-likeness (QED) is 0.0852. The fourth-order valence-electron chi connectivity index (χ4n) is 8.98. The van der Waals surface area contributed by atoms with Gasteiger partial charge in [0.05, 0.1) is 55.8 Å². The van der Waals surface area contributed by atoms with Crippen molar-refractivity contribution in [3.05, 3.63) is 170 Å². The van der Waals surface area contributed by atoms with Gasteiger partial charge in [0.15, 0.2) is 12.7 Å². The molecule has 0 spiro atoms. The molecule has 1 aliphatic carbocycles. The molecule has 1 nitrogen and oxygen atoms in total. The molecule has 0 aliphatic heterocycles. The molecule has 0 atom stereocenters. The summed E-state index contributed by atoms with van der Waals surface area (Å²) < 4.78 is 343. The molecule has 1 aliphatic rings. The standard InChI is InChI=1S/C32H12BF24.C16H20NS/c34-25(35,36)13-1-14(26(37,38)39)6-21(5-13)33(22-7-15(27(40,41)42)2-16(8-22)28(43,44)45,23-9-17(29(46,47)48)3-18(10-23)30(49,50)51)24-11-19(31(52,53)54)4-20(12-24)32(55,56)57;1-3-7-14(8-4-1)13-17-11-12-18-16(17)15-9-5-2-6-10-15/h1-12H;1,3-4,7-8,11-12,15H,2,5-6,9-10,13H2/q-1;+1. The van der Waals surface area contributed by atoms with Gasteiger partial charge in [-0.05, 0) is 37.1 Å². The molecule has 0 amide bonds. The van der Waals surface area contributed by atoms with Crippen LogP contribution in [-0.4, -0.2) is 6.15 Å². The summed E-state index contributed by atoms with van der Waals surface area (Å²) in [5.74, 6) is 0.808. The van der Waals surface area contributed by atoms with Gasteiger partial charge in [0, 0.05) is 5.56 Å². The van der Waals surface area contributed by atoms with Crippen molar-refractivity contribution in [1.29, 1.82) is 0 Å². The highest BCUT2D eigenvalue weighted by Crippen LogP contribution is 2.42. The van der Waals surface area contributed by atoms with Crippen LogP contribution in [0.25, 0.3) is 0 Å². The van der Waals surface area contributed by atoms with E-state index in [4.69, 9.17) is 0 Å². The lowest BCUT2D eigenvalue weighted by atomic mass is 9.12. The lowest BCUT2D eigenvalue weighted by molar-refractivity contribution is -0.692. The number of nitrogens with zero attached hydrogens (tertiary/aromatic N) is 1. The molecule has 1 saturated carbocycles. The van der Waals surface area contributed by atoms with E-state index < -0.39 is 195 Å². The van der Waals surface area contributed by atoms with E-state index in [0.29, 0.717) is 0 Å². The molecule has 6 aromatic rings. The Hall–Kier alpha value is -5.89. The second kappa shape index (κ2) is 20.6. The predicted octanol–water partition coefficient (Wildman–Crippen LogP) is 15.3. The van der Waals surface area contributed by atoms with Gasteiger partial charge in [-0.15, -0.1) is 0 Å². The minimum atomic E-state index is -6.13. The largest absolute Gasteiger partial charge is 0.416 e. The molecule has 0 bridgehead atoms. The Morgan fingerprint density at radius 1 is 0.373 bits per heavy atom. The molecule has 1 aromatic heterocycles. The summed E-state index contributed by atoms with van der Waals surface area (Å²) in [6.45, 7) is 1.02. The molecule has 7 rings (SSSR count). The maximum absolute atomic E-state index is 14.2. The lowest BCUT2D eigenvalue weighted by Crippen LogP contribution is -2.75. The highest BCUT2D eigenvalue weighted by Gasteiger charge is 2.47. The molecule has 0 unspecified atom stereocenters. The highest BCUT2D eigenvalue weighted by atomic mass is 32.1. The van der Waals surface area contributed by atoms with Crippen molar-refractivity contribution in [3.63, 3.8) is 0 Å². The maximum Gasteiger partial charge on any atom is 0.416 e. The number of hydrogen-bond acceptors (Lipinski definition) is 1. The molecule has 1 heterocycles. The van der Waals surface area contributed by atoms with Crippen molar-refractivity contribution in [2.45, 2.75) is 94.0 Å². The number of benzene rings is 5. The van der Waals surface area contributed by atoms with Crippen LogP contribution in [0.15, 0.2) is 115 Å². The van der Waals surface area contributed by atoms with Crippen LogP contribution in [0.3, 0.4) is 0 Å². The fourth-order valence-corrected chi connectivity index (χ4v) is 10.0. The van der Waals surface area contributed by atoms with Crippen molar-refractivity contribution in [3.8, 4) is 0 Å². The van der Waals surface area contributed by atoms with Crippen molar-refractivity contribution in [2.24, 2.45) is 0 Å². The molecular formula is C48H32BF24NS. The second-order valence-electron chi connectivity index (χ2n) is 17.4. The maximum atomic E-state index is 14.2. The number of thiazole rings is 1. The second-order valence-corrected chi connectivity index (χ2v) is 18.3. The molecular weight excluding hydrogens is 1090 g/mol. The summed E-state index contributed by atoms with van der Waals surface area (Å²) >= 11 is 1.94. The van der Waals surface area contributed by atoms with Crippen molar-refractivity contribution < 1.29 is 110 Å². The summed E-state index contributed by atoms with van der Waals surface area (Å²) in [4.78, 5) is 0. The van der Waals surface area contributed by atoms with Gasteiger partial charge in [-0.2, -0.15) is 132 Å². The summed E-state index contributed by atoms with van der Waals surface area (Å²) in [7, 11) is 0. The van der Waals surface area contributed by atoms with Gasteiger partial charge in [0.25, 0.3) is 0 Å². The molecule has 75 heavy (non-hydrogen) atoms. The van der Waals surface area contributed by atoms with Gasteiger partial charge in [0.2, 0.25) is 5.01 Å². The van der Waals surface area contributed by atoms with E-state index in [2.05, 4.69) is 46.5 Å². The zero-order valence-corrected chi connectivity index (χ0v) is 38.1. The lowest BCUT2D eigenvalue weighted by Gasteiger charge is -2.46. The first-order valence-corrected chi connectivity index (χ1v) is 22.4. The Morgan fingerprint density at radius 3 is 0.893 bits per heavy atom. The van der Waals surface area contributed by atoms with Crippen LogP contribution in [0.5, 0.6) is 0 Å². The first-order chi connectivity index (χ1) is 34.2. The molecule has 0 N–H and O–H groups in total. The third-order valence-corrected chi connectivity index (χ3v) is 13.4. The Balaban J connectivity index is 0.000000421. The Morgan fingerprint density at radius 2 is 0.640 bits per heavy atom. The van der Waals surface area contributed by atoms with Gasteiger partial charge >= 0.3 is 49.4 Å². The van der Waals surface area contributed by atoms with Crippen LogP contribution in [0.4, 0.5) is 105 Å². The molecule has 5 aromatic carbocycles. The average Bonchev–Trinajstić information content (AvgIpc) is 3.75. The van der Waals surface area contributed by atoms with Gasteiger partial charge in [0.1, 0.15) is 6.15 Å². The predicted molar refractivity (Wildman–Crippen MR) is 226 cm³/mol. The van der Waals surface area contributed by atoms with Crippen LogP contribution in [-0.2, 0) is 56.0 Å². The number of aromatic nitrogens is 1. The smallest absolute Gasteiger partial charge is 0.194 e. The van der Waals surface area contributed by atoms with Gasteiger partial charge in [-0.1, -0.05) is 109 Å².